The average molecular weight is 626 g/mol. The zero-order chi connectivity index (χ0) is 31.6. The number of piperazine rings is 1. The van der Waals surface area contributed by atoms with E-state index in [-0.39, 0.29) is 30.3 Å². The maximum Gasteiger partial charge on any atom is 0.423 e. The maximum atomic E-state index is 13.3. The van der Waals surface area contributed by atoms with Crippen LogP contribution in [0.25, 0.3) is 10.9 Å². The highest BCUT2D eigenvalue weighted by Gasteiger charge is 2.38. The summed E-state index contributed by atoms with van der Waals surface area (Å²) >= 11 is 0. The van der Waals surface area contributed by atoms with Gasteiger partial charge in [0.1, 0.15) is 18.0 Å². The molecule has 0 atom stereocenters. The Hall–Kier alpha value is -4.14. The lowest BCUT2D eigenvalue weighted by Crippen LogP contribution is -2.50. The summed E-state index contributed by atoms with van der Waals surface area (Å²) in [5.74, 6) is 0.455. The Kier molecular flexibility index (Phi) is 8.86. The second-order valence-corrected chi connectivity index (χ2v) is 10.9. The van der Waals surface area contributed by atoms with E-state index in [9.17, 15) is 41.3 Å². The molecule has 236 valence electrons. The van der Waals surface area contributed by atoms with Crippen LogP contribution in [-0.2, 0) is 21.9 Å². The molecule has 9 nitrogen and oxygen atoms in total. The second kappa shape index (κ2) is 12.5. The minimum Gasteiger partial charge on any atom is -0.382 e. The van der Waals surface area contributed by atoms with Crippen molar-refractivity contribution in [1.82, 2.24) is 9.88 Å². The van der Waals surface area contributed by atoms with Gasteiger partial charge in [-0.25, -0.2) is 4.98 Å². The summed E-state index contributed by atoms with van der Waals surface area (Å²) in [7, 11) is 0. The van der Waals surface area contributed by atoms with Gasteiger partial charge >= 0.3 is 12.4 Å². The van der Waals surface area contributed by atoms with Gasteiger partial charge < -0.3 is 19.9 Å². The Morgan fingerprint density at radius 3 is 2.27 bits per heavy atom. The van der Waals surface area contributed by atoms with Crippen LogP contribution in [0.5, 0.6) is 0 Å². The lowest BCUT2D eigenvalue weighted by Gasteiger charge is -2.36. The van der Waals surface area contributed by atoms with Crippen LogP contribution in [0.1, 0.15) is 36.8 Å². The first-order valence-electron chi connectivity index (χ1n) is 14.0. The fraction of sp³-hybridized carbons (Fsp3) is 0.448. The van der Waals surface area contributed by atoms with Crippen molar-refractivity contribution in [2.24, 2.45) is 0 Å². The smallest absolute Gasteiger partial charge is 0.382 e. The molecule has 1 aliphatic heterocycles. The summed E-state index contributed by atoms with van der Waals surface area (Å²) in [5.41, 5.74) is -2.44. The number of amides is 1. The number of nitro groups is 1. The number of carbonyl (C=O) groups is 1. The molecular formula is C29H29F6N5O4. The quantitative estimate of drug-likeness (QED) is 0.188. The number of nitrogens with zero attached hydrogens (tertiary/aromatic N) is 4. The number of rotatable bonds is 7. The average Bonchev–Trinajstić information content (AvgIpc) is 2.99. The summed E-state index contributed by atoms with van der Waals surface area (Å²) in [6.45, 7) is 1.76. The Morgan fingerprint density at radius 2 is 1.64 bits per heavy atom. The van der Waals surface area contributed by atoms with Crippen LogP contribution >= 0.6 is 0 Å². The van der Waals surface area contributed by atoms with Crippen molar-refractivity contribution in [2.45, 2.75) is 50.2 Å². The molecule has 1 amide bonds. The summed E-state index contributed by atoms with van der Waals surface area (Å²) in [4.78, 5) is 30.9. The molecule has 1 aliphatic carbocycles. The van der Waals surface area contributed by atoms with Crippen molar-refractivity contribution in [2.75, 3.05) is 43.0 Å². The molecule has 2 aliphatic rings. The predicted octanol–water partition coefficient (Wildman–Crippen LogP) is 6.27. The molecule has 0 spiro atoms. The molecule has 1 saturated heterocycles. The van der Waals surface area contributed by atoms with E-state index >= 15 is 0 Å². The Morgan fingerprint density at radius 1 is 0.932 bits per heavy atom. The first kappa shape index (κ1) is 31.3. The van der Waals surface area contributed by atoms with Gasteiger partial charge in [-0.05, 0) is 68.1 Å². The lowest BCUT2D eigenvalue weighted by atomic mass is 9.92. The fourth-order valence-corrected chi connectivity index (χ4v) is 5.55. The van der Waals surface area contributed by atoms with Gasteiger partial charge in [-0.2, -0.15) is 26.3 Å². The Balaban J connectivity index is 1.06. The number of fused-ring (bicyclic) bond motifs is 1. The predicted molar refractivity (Wildman–Crippen MR) is 149 cm³/mol. The third-order valence-corrected chi connectivity index (χ3v) is 7.94. The van der Waals surface area contributed by atoms with Crippen LogP contribution in [0.4, 0.5) is 43.5 Å². The standard InChI is InChI=1S/C29H29F6N5O4/c30-28(31,32)19-2-8-24-18(15-19)1-10-26(37-24)38-11-13-39(14-12-38)27(41)17-44-22-6-3-20(4-7-22)36-21-5-9-25(40(42)43)23(16-21)29(33,34)35/h1-2,5,8-10,15-16,20,22,36H,3-4,6-7,11-14,17H2/t20-,22-. The third kappa shape index (κ3) is 7.31. The zero-order valence-corrected chi connectivity index (χ0v) is 23.3. The number of benzene rings is 2. The molecular weight excluding hydrogens is 596 g/mol. The fourth-order valence-electron chi connectivity index (χ4n) is 5.55. The van der Waals surface area contributed by atoms with Crippen molar-refractivity contribution in [1.29, 1.82) is 0 Å². The number of nitrogens with one attached hydrogen (secondary N) is 1. The van der Waals surface area contributed by atoms with Crippen molar-refractivity contribution in [3.05, 3.63) is 69.8 Å². The largest absolute Gasteiger partial charge is 0.423 e. The van der Waals surface area contributed by atoms with E-state index in [1.165, 1.54) is 12.1 Å². The Labute approximate surface area is 247 Å². The highest BCUT2D eigenvalue weighted by Crippen LogP contribution is 2.38. The van der Waals surface area contributed by atoms with Crippen LogP contribution in [-0.4, -0.2) is 65.6 Å². The van der Waals surface area contributed by atoms with E-state index in [4.69, 9.17) is 4.74 Å². The number of nitro benzene ring substituents is 1. The molecule has 2 aromatic carbocycles. The van der Waals surface area contributed by atoms with Gasteiger partial charge in [-0.15, -0.1) is 0 Å². The van der Waals surface area contributed by atoms with Gasteiger partial charge in [-0.1, -0.05) is 0 Å². The number of anilines is 2. The van der Waals surface area contributed by atoms with Crippen LogP contribution in [0, 0.1) is 10.1 Å². The second-order valence-electron chi connectivity index (χ2n) is 10.9. The number of ether oxygens (including phenoxy) is 1. The molecule has 15 heteroatoms. The number of halogens is 6. The molecule has 1 saturated carbocycles. The van der Waals surface area contributed by atoms with E-state index in [1.54, 1.807) is 17.0 Å². The summed E-state index contributed by atoms with van der Waals surface area (Å²) in [6, 6.07) is 9.42. The molecule has 2 heterocycles. The highest BCUT2D eigenvalue weighted by atomic mass is 19.4. The minimum atomic E-state index is -4.86. The molecule has 1 aromatic heterocycles. The van der Waals surface area contributed by atoms with E-state index in [0.717, 1.165) is 24.3 Å². The highest BCUT2D eigenvalue weighted by molar-refractivity contribution is 5.81. The van der Waals surface area contributed by atoms with Gasteiger partial charge in [0.25, 0.3) is 5.69 Å². The molecule has 2 fully saturated rings. The topological polar surface area (TPSA) is 101 Å². The van der Waals surface area contributed by atoms with E-state index in [1.807, 2.05) is 4.90 Å². The van der Waals surface area contributed by atoms with Gasteiger partial charge in [0.2, 0.25) is 5.91 Å². The first-order valence-corrected chi connectivity index (χ1v) is 14.0. The van der Waals surface area contributed by atoms with Gasteiger partial charge in [0.15, 0.2) is 0 Å². The SMILES string of the molecule is O=C(CO[C@H]1CC[C@H](Nc2ccc([N+](=O)[O-])c(C(F)(F)F)c2)CC1)N1CCN(c2ccc3cc(C(F)(F)F)ccc3n2)CC1. The molecule has 44 heavy (non-hydrogen) atoms. The molecule has 0 unspecified atom stereocenters. The molecule has 5 rings (SSSR count). The zero-order valence-electron chi connectivity index (χ0n) is 23.3. The van der Waals surface area contributed by atoms with Crippen LogP contribution in [0.2, 0.25) is 0 Å². The van der Waals surface area contributed by atoms with Crippen molar-refractivity contribution >= 4 is 34.0 Å². The summed E-state index contributed by atoms with van der Waals surface area (Å²) in [6.07, 6.45) is -7.10. The molecule has 0 radical (unpaired) electrons. The number of aromatic nitrogens is 1. The number of hydrogen-bond donors (Lipinski definition) is 1. The number of carbonyl (C=O) groups excluding carboxylic acids is 1. The van der Waals surface area contributed by atoms with E-state index in [2.05, 4.69) is 10.3 Å². The molecule has 1 N–H and O–H groups in total. The van der Waals surface area contributed by atoms with Gasteiger partial charge in [0, 0.05) is 49.4 Å². The Bertz CT molecular complexity index is 1520. The summed E-state index contributed by atoms with van der Waals surface area (Å²) in [5, 5.41) is 14.4. The first-order chi connectivity index (χ1) is 20.8. The minimum absolute atomic E-state index is 0.101. The molecule has 0 bridgehead atoms. The monoisotopic (exact) mass is 625 g/mol. The maximum absolute atomic E-state index is 13.3. The number of alkyl halides is 6. The number of pyridine rings is 1. The summed E-state index contributed by atoms with van der Waals surface area (Å²) < 4.78 is 84.7. The van der Waals surface area contributed by atoms with Crippen LogP contribution < -0.4 is 10.2 Å². The van der Waals surface area contributed by atoms with E-state index in [0.29, 0.717) is 68.6 Å². The van der Waals surface area contributed by atoms with Crippen molar-refractivity contribution in [3.63, 3.8) is 0 Å². The van der Waals surface area contributed by atoms with E-state index < -0.39 is 34.1 Å². The van der Waals surface area contributed by atoms with Crippen molar-refractivity contribution in [3.8, 4) is 0 Å². The third-order valence-electron chi connectivity index (χ3n) is 7.94. The van der Waals surface area contributed by atoms with Gasteiger partial charge in [-0.3, -0.25) is 14.9 Å². The van der Waals surface area contributed by atoms with Gasteiger partial charge in [0.05, 0.1) is 22.1 Å². The normalized spacial score (nSPS) is 19.7. The lowest BCUT2D eigenvalue weighted by molar-refractivity contribution is -0.388. The van der Waals surface area contributed by atoms with Crippen LogP contribution in [0.15, 0.2) is 48.5 Å². The number of hydrogen-bond acceptors (Lipinski definition) is 7. The molecule has 3 aromatic rings. The van der Waals surface area contributed by atoms with Crippen LogP contribution in [0.3, 0.4) is 0 Å². The van der Waals surface area contributed by atoms with Crippen molar-refractivity contribution < 1.29 is 40.8 Å².